The fourth-order valence-electron chi connectivity index (χ4n) is 4.95. The van der Waals surface area contributed by atoms with E-state index in [1.54, 1.807) is 28.8 Å². The van der Waals surface area contributed by atoms with Crippen molar-refractivity contribution >= 4 is 22.6 Å². The van der Waals surface area contributed by atoms with Crippen LogP contribution in [0.5, 0.6) is 0 Å². The highest BCUT2D eigenvalue weighted by Gasteiger charge is 2.31. The van der Waals surface area contributed by atoms with E-state index in [1.807, 2.05) is 10.6 Å². The van der Waals surface area contributed by atoms with Gasteiger partial charge < -0.3 is 9.15 Å². The number of fused-ring (bicyclic) bond motifs is 1. The topological polar surface area (TPSA) is 91.2 Å². The highest BCUT2D eigenvalue weighted by Crippen LogP contribution is 2.29. The number of nitrogens with zero attached hydrogens (tertiary/aromatic N) is 6. The van der Waals surface area contributed by atoms with E-state index in [0.29, 0.717) is 22.3 Å². The third-order valence-corrected chi connectivity index (χ3v) is 7.18. The zero-order chi connectivity index (χ0) is 24.8. The molecule has 4 aromatic rings. The Morgan fingerprint density at radius 2 is 1.86 bits per heavy atom. The van der Waals surface area contributed by atoms with Crippen molar-refractivity contribution in [3.05, 3.63) is 63.6 Å². The summed E-state index contributed by atoms with van der Waals surface area (Å²) in [6.45, 7) is 3.66. The predicted octanol–water partition coefficient (Wildman–Crippen LogP) is 3.92. The lowest BCUT2D eigenvalue weighted by molar-refractivity contribution is -0.0731. The van der Waals surface area contributed by atoms with Gasteiger partial charge in [0.25, 0.3) is 5.89 Å². The summed E-state index contributed by atoms with van der Waals surface area (Å²) in [4.78, 5) is 20.5. The second-order valence-electron chi connectivity index (χ2n) is 9.11. The standard InChI is InChI=1S/C24H23ClF2N6O3/c25-15-2-4-19-20(9-15)32(24(34)33(19)17-5-7-31(8-6-17)18-12-35-13-18)11-16-3-1-14(10-28-16)22-29-30-23(36-22)21(26)27/h1-4,9-10,17-18,21H,5-8,11-13H2. The maximum Gasteiger partial charge on any atom is 0.329 e. The van der Waals surface area contributed by atoms with Gasteiger partial charge in [0.2, 0.25) is 5.89 Å². The van der Waals surface area contributed by atoms with Gasteiger partial charge in [-0.2, -0.15) is 8.78 Å². The third kappa shape index (κ3) is 4.21. The second kappa shape index (κ2) is 9.38. The number of halogens is 3. The fourth-order valence-corrected chi connectivity index (χ4v) is 5.11. The molecule has 9 nitrogen and oxygen atoms in total. The molecule has 2 fully saturated rings. The first-order valence-electron chi connectivity index (χ1n) is 11.8. The summed E-state index contributed by atoms with van der Waals surface area (Å²) in [6.07, 6.45) is 0.398. The number of alkyl halides is 2. The van der Waals surface area contributed by atoms with Gasteiger partial charge in [-0.25, -0.2) is 4.79 Å². The van der Waals surface area contributed by atoms with Crippen LogP contribution in [0.3, 0.4) is 0 Å². The summed E-state index contributed by atoms with van der Waals surface area (Å²) in [6, 6.07) is 9.45. The van der Waals surface area contributed by atoms with E-state index in [2.05, 4.69) is 20.1 Å². The summed E-state index contributed by atoms with van der Waals surface area (Å²) in [5.41, 5.74) is 2.51. The molecule has 188 valence electrons. The number of rotatable bonds is 6. The smallest absolute Gasteiger partial charge is 0.329 e. The Hall–Kier alpha value is -3.15. The molecule has 0 saturated carbocycles. The Labute approximate surface area is 209 Å². The van der Waals surface area contributed by atoms with Crippen molar-refractivity contribution in [1.82, 2.24) is 29.2 Å². The normalized spacial score (nSPS) is 17.8. The van der Waals surface area contributed by atoms with Crippen molar-refractivity contribution in [1.29, 1.82) is 0 Å². The zero-order valence-corrected chi connectivity index (χ0v) is 19.9. The molecule has 2 saturated heterocycles. The van der Waals surface area contributed by atoms with Crippen LogP contribution in [0, 0.1) is 0 Å². The first kappa shape index (κ1) is 23.3. The van der Waals surface area contributed by atoms with Crippen LogP contribution in [0.2, 0.25) is 5.02 Å². The van der Waals surface area contributed by atoms with Crippen LogP contribution in [-0.2, 0) is 11.3 Å². The monoisotopic (exact) mass is 516 g/mol. The van der Waals surface area contributed by atoms with Gasteiger partial charge in [0.15, 0.2) is 0 Å². The summed E-state index contributed by atoms with van der Waals surface area (Å²) >= 11 is 6.29. The van der Waals surface area contributed by atoms with E-state index in [1.165, 1.54) is 6.20 Å². The maximum atomic E-state index is 13.7. The largest absolute Gasteiger partial charge is 0.415 e. The average Bonchev–Trinajstić information content (AvgIpc) is 3.43. The fraction of sp³-hybridized carbons (Fsp3) is 0.417. The molecule has 36 heavy (non-hydrogen) atoms. The molecule has 12 heteroatoms. The average molecular weight is 517 g/mol. The van der Waals surface area contributed by atoms with Crippen LogP contribution in [0.1, 0.15) is 36.9 Å². The van der Waals surface area contributed by atoms with Crippen molar-refractivity contribution < 1.29 is 17.9 Å². The van der Waals surface area contributed by atoms with Crippen LogP contribution in [0.4, 0.5) is 8.78 Å². The van der Waals surface area contributed by atoms with E-state index in [0.717, 1.165) is 50.2 Å². The Bertz CT molecular complexity index is 1440. The molecule has 0 unspecified atom stereocenters. The maximum absolute atomic E-state index is 13.7. The van der Waals surface area contributed by atoms with Crippen molar-refractivity contribution in [3.8, 4) is 11.5 Å². The first-order chi connectivity index (χ1) is 17.5. The van der Waals surface area contributed by atoms with Gasteiger partial charge in [-0.15, -0.1) is 10.2 Å². The molecule has 0 bridgehead atoms. The molecule has 3 aromatic heterocycles. The van der Waals surface area contributed by atoms with Crippen molar-refractivity contribution in [2.24, 2.45) is 0 Å². The lowest BCUT2D eigenvalue weighted by Crippen LogP contribution is -2.52. The van der Waals surface area contributed by atoms with Crippen molar-refractivity contribution in [2.45, 2.75) is 37.9 Å². The van der Waals surface area contributed by atoms with Gasteiger partial charge in [-0.05, 0) is 43.2 Å². The Balaban J connectivity index is 1.28. The molecule has 6 rings (SSSR count). The van der Waals surface area contributed by atoms with E-state index in [9.17, 15) is 13.6 Å². The van der Waals surface area contributed by atoms with E-state index >= 15 is 0 Å². The SMILES string of the molecule is O=c1n(Cc2ccc(-c3nnc(C(F)F)o3)cn2)c2cc(Cl)ccc2n1C1CCN(C2COC2)CC1. The van der Waals surface area contributed by atoms with Crippen molar-refractivity contribution in [3.63, 3.8) is 0 Å². The molecule has 2 aliphatic heterocycles. The molecule has 0 atom stereocenters. The van der Waals surface area contributed by atoms with Crippen LogP contribution < -0.4 is 5.69 Å². The third-order valence-electron chi connectivity index (χ3n) is 6.94. The molecule has 0 radical (unpaired) electrons. The van der Waals surface area contributed by atoms with Gasteiger partial charge >= 0.3 is 12.1 Å². The Kier molecular flexibility index (Phi) is 6.06. The minimum atomic E-state index is -2.84. The number of likely N-dealkylation sites (tertiary alicyclic amines) is 1. The van der Waals surface area contributed by atoms with Crippen LogP contribution in [0.15, 0.2) is 45.7 Å². The highest BCUT2D eigenvalue weighted by molar-refractivity contribution is 6.31. The Morgan fingerprint density at radius 1 is 1.06 bits per heavy atom. The van der Waals surface area contributed by atoms with Gasteiger partial charge in [0.1, 0.15) is 0 Å². The highest BCUT2D eigenvalue weighted by atomic mass is 35.5. The summed E-state index contributed by atoms with van der Waals surface area (Å²) in [5, 5.41) is 7.53. The quantitative estimate of drug-likeness (QED) is 0.383. The number of ether oxygens (including phenoxy) is 1. The van der Waals surface area contributed by atoms with Crippen LogP contribution >= 0.6 is 11.6 Å². The van der Waals surface area contributed by atoms with Gasteiger partial charge in [-0.3, -0.25) is 19.0 Å². The molecule has 0 N–H and O–H groups in total. The number of hydrogen-bond acceptors (Lipinski definition) is 7. The molecule has 1 aromatic carbocycles. The number of pyridine rings is 1. The lowest BCUT2D eigenvalue weighted by atomic mass is 10.0. The molecule has 5 heterocycles. The second-order valence-corrected chi connectivity index (χ2v) is 9.55. The van der Waals surface area contributed by atoms with Gasteiger partial charge in [-0.1, -0.05) is 11.6 Å². The summed E-state index contributed by atoms with van der Waals surface area (Å²) < 4.78 is 39.4. The van der Waals surface area contributed by atoms with E-state index in [4.69, 9.17) is 20.8 Å². The van der Waals surface area contributed by atoms with Gasteiger partial charge in [0.05, 0.1) is 48.1 Å². The molecule has 0 aliphatic carbocycles. The number of hydrogen-bond donors (Lipinski definition) is 0. The van der Waals surface area contributed by atoms with Gasteiger partial charge in [0, 0.05) is 30.4 Å². The summed E-state index contributed by atoms with van der Waals surface area (Å²) in [7, 11) is 0. The molecule has 0 amide bonds. The van der Waals surface area contributed by atoms with Crippen molar-refractivity contribution in [2.75, 3.05) is 26.3 Å². The minimum absolute atomic E-state index is 0.0373. The number of piperidine rings is 1. The molecular weight excluding hydrogens is 494 g/mol. The van der Waals surface area contributed by atoms with E-state index in [-0.39, 0.29) is 24.2 Å². The molecule has 0 spiro atoms. The lowest BCUT2D eigenvalue weighted by Gasteiger charge is -2.41. The number of aromatic nitrogens is 5. The minimum Gasteiger partial charge on any atom is -0.415 e. The molecule has 2 aliphatic rings. The van der Waals surface area contributed by atoms with E-state index < -0.39 is 12.3 Å². The molecular formula is C24H23ClF2N6O3. The number of benzene rings is 1. The van der Waals surface area contributed by atoms with Crippen LogP contribution in [-0.4, -0.2) is 61.6 Å². The zero-order valence-electron chi connectivity index (χ0n) is 19.2. The number of imidazole rings is 1. The first-order valence-corrected chi connectivity index (χ1v) is 12.1. The predicted molar refractivity (Wildman–Crippen MR) is 127 cm³/mol. The summed E-state index contributed by atoms with van der Waals surface area (Å²) in [5.74, 6) is -0.776. The van der Waals surface area contributed by atoms with Crippen LogP contribution in [0.25, 0.3) is 22.5 Å². The Morgan fingerprint density at radius 3 is 2.50 bits per heavy atom.